The van der Waals surface area contributed by atoms with Gasteiger partial charge in [-0.3, -0.25) is 14.4 Å². The highest BCUT2D eigenvalue weighted by Crippen LogP contribution is 2.24. The summed E-state index contributed by atoms with van der Waals surface area (Å²) in [6, 6.07) is 13.1. The maximum Gasteiger partial charge on any atom is 0.190 e. The first kappa shape index (κ1) is 14.4. The molecule has 0 amide bonds. The summed E-state index contributed by atoms with van der Waals surface area (Å²) in [6.45, 7) is 0. The van der Waals surface area contributed by atoms with Gasteiger partial charge in [0.25, 0.3) is 0 Å². The summed E-state index contributed by atoms with van der Waals surface area (Å²) in [5, 5.41) is 0.536. The zero-order valence-corrected chi connectivity index (χ0v) is 12.3. The van der Waals surface area contributed by atoms with E-state index in [-0.39, 0.29) is 29.3 Å². The molecule has 3 rings (SSSR count). The smallest absolute Gasteiger partial charge is 0.190 e. The van der Waals surface area contributed by atoms with Gasteiger partial charge in [0.2, 0.25) is 0 Å². The predicted molar refractivity (Wildman–Crippen MR) is 83.6 cm³/mol. The molecule has 0 atom stereocenters. The zero-order valence-electron chi connectivity index (χ0n) is 11.5. The van der Waals surface area contributed by atoms with Crippen LogP contribution in [0.1, 0.15) is 37.5 Å². The van der Waals surface area contributed by atoms with Crippen molar-refractivity contribution in [3.63, 3.8) is 0 Å². The lowest BCUT2D eigenvalue weighted by Gasteiger charge is -2.14. The van der Waals surface area contributed by atoms with Crippen LogP contribution < -0.4 is 0 Å². The van der Waals surface area contributed by atoms with Crippen molar-refractivity contribution < 1.29 is 14.4 Å². The lowest BCUT2D eigenvalue weighted by Crippen LogP contribution is -2.18. The van der Waals surface area contributed by atoms with E-state index in [1.165, 1.54) is 6.08 Å². The number of ketones is 3. The van der Waals surface area contributed by atoms with Crippen molar-refractivity contribution in [2.45, 2.75) is 6.42 Å². The Balaban J connectivity index is 1.87. The normalized spacial score (nSPS) is 13.6. The largest absolute Gasteiger partial charge is 0.294 e. The molecule has 22 heavy (non-hydrogen) atoms. The van der Waals surface area contributed by atoms with Gasteiger partial charge in [-0.15, -0.1) is 0 Å². The van der Waals surface area contributed by atoms with E-state index in [4.69, 9.17) is 11.6 Å². The molecular weight excluding hydrogens is 300 g/mol. The molecule has 0 aromatic heterocycles. The van der Waals surface area contributed by atoms with Gasteiger partial charge < -0.3 is 0 Å². The van der Waals surface area contributed by atoms with Crippen molar-refractivity contribution in [2.24, 2.45) is 0 Å². The minimum atomic E-state index is -0.266. The molecule has 2 aromatic rings. The van der Waals surface area contributed by atoms with E-state index in [2.05, 4.69) is 0 Å². The molecule has 0 unspecified atom stereocenters. The van der Waals surface area contributed by atoms with E-state index in [0.717, 1.165) is 0 Å². The SMILES string of the molecule is O=C(CC1=CC(=O)c2ccccc2C1=O)c1ccc(Cl)cc1. The van der Waals surface area contributed by atoms with Crippen LogP contribution in [0.5, 0.6) is 0 Å². The molecule has 0 fully saturated rings. The Bertz CT molecular complexity index is 816. The van der Waals surface area contributed by atoms with Gasteiger partial charge in [-0.1, -0.05) is 35.9 Å². The molecule has 0 bridgehead atoms. The van der Waals surface area contributed by atoms with Gasteiger partial charge in [-0.05, 0) is 30.3 Å². The number of carbonyl (C=O) groups is 3. The monoisotopic (exact) mass is 310 g/mol. The van der Waals surface area contributed by atoms with Gasteiger partial charge >= 0.3 is 0 Å². The van der Waals surface area contributed by atoms with Gasteiger partial charge in [0.15, 0.2) is 17.3 Å². The van der Waals surface area contributed by atoms with E-state index >= 15 is 0 Å². The van der Waals surface area contributed by atoms with Gasteiger partial charge in [0, 0.05) is 33.7 Å². The highest BCUT2D eigenvalue weighted by Gasteiger charge is 2.26. The minimum Gasteiger partial charge on any atom is -0.294 e. The quantitative estimate of drug-likeness (QED) is 0.807. The summed E-state index contributed by atoms with van der Waals surface area (Å²) < 4.78 is 0. The van der Waals surface area contributed by atoms with Crippen molar-refractivity contribution >= 4 is 29.0 Å². The first-order valence-electron chi connectivity index (χ1n) is 6.73. The van der Waals surface area contributed by atoms with Crippen molar-refractivity contribution in [2.75, 3.05) is 0 Å². The number of Topliss-reactive ketones (excluding diaryl/α,β-unsaturated/α-hetero) is 2. The molecule has 108 valence electrons. The van der Waals surface area contributed by atoms with Gasteiger partial charge in [-0.2, -0.15) is 0 Å². The number of allylic oxidation sites excluding steroid dienone is 2. The minimum absolute atomic E-state index is 0.0967. The Morgan fingerprint density at radius 1 is 0.909 bits per heavy atom. The Morgan fingerprint density at radius 3 is 2.23 bits per heavy atom. The summed E-state index contributed by atoms with van der Waals surface area (Å²) in [7, 11) is 0. The molecular formula is C18H11ClO3. The topological polar surface area (TPSA) is 51.2 Å². The van der Waals surface area contributed by atoms with Crippen LogP contribution in [-0.2, 0) is 0 Å². The van der Waals surface area contributed by atoms with Crippen LogP contribution in [0.3, 0.4) is 0 Å². The predicted octanol–water partition coefficient (Wildman–Crippen LogP) is 3.92. The van der Waals surface area contributed by atoms with Crippen LogP contribution in [-0.4, -0.2) is 17.3 Å². The number of fused-ring (bicyclic) bond motifs is 1. The second-order valence-electron chi connectivity index (χ2n) is 5.02. The molecule has 0 N–H and O–H groups in total. The Labute approximate surface area is 132 Å². The van der Waals surface area contributed by atoms with Gasteiger partial charge in [0.05, 0.1) is 0 Å². The third-order valence-corrected chi connectivity index (χ3v) is 3.80. The maximum atomic E-state index is 12.4. The molecule has 1 aliphatic rings. The average Bonchev–Trinajstić information content (AvgIpc) is 2.53. The molecule has 0 spiro atoms. The first-order valence-corrected chi connectivity index (χ1v) is 7.11. The summed E-state index contributed by atoms with van der Waals surface area (Å²) in [5.41, 5.74) is 1.43. The van der Waals surface area contributed by atoms with Crippen LogP contribution in [0.4, 0.5) is 0 Å². The fourth-order valence-electron chi connectivity index (χ4n) is 2.41. The van der Waals surface area contributed by atoms with Crippen molar-refractivity contribution in [3.05, 3.63) is 81.9 Å². The summed E-state index contributed by atoms with van der Waals surface area (Å²) >= 11 is 5.79. The van der Waals surface area contributed by atoms with Crippen LogP contribution in [0.15, 0.2) is 60.2 Å². The van der Waals surface area contributed by atoms with Crippen LogP contribution in [0.25, 0.3) is 0 Å². The highest BCUT2D eigenvalue weighted by molar-refractivity contribution is 6.30. The standard InChI is InChI=1S/C18H11ClO3/c19-13-7-5-11(6-8-13)16(20)9-12-10-17(21)14-3-1-2-4-15(14)18(12)22/h1-8,10H,9H2. The molecule has 3 nitrogen and oxygen atoms in total. The molecule has 0 radical (unpaired) electrons. The second-order valence-corrected chi connectivity index (χ2v) is 5.45. The lowest BCUT2D eigenvalue weighted by atomic mass is 9.87. The maximum absolute atomic E-state index is 12.4. The van der Waals surface area contributed by atoms with Gasteiger partial charge in [-0.25, -0.2) is 0 Å². The Kier molecular flexibility index (Phi) is 3.73. The molecule has 0 saturated heterocycles. The third-order valence-electron chi connectivity index (χ3n) is 3.55. The summed E-state index contributed by atoms with van der Waals surface area (Å²) in [5.74, 6) is -0.727. The first-order chi connectivity index (χ1) is 10.6. The van der Waals surface area contributed by atoms with Crippen LogP contribution in [0.2, 0.25) is 5.02 Å². The van der Waals surface area contributed by atoms with Gasteiger partial charge in [0.1, 0.15) is 0 Å². The second kappa shape index (κ2) is 5.70. The number of hydrogen-bond donors (Lipinski definition) is 0. The average molecular weight is 311 g/mol. The fourth-order valence-corrected chi connectivity index (χ4v) is 2.54. The van der Waals surface area contributed by atoms with Crippen LogP contribution >= 0.6 is 11.6 Å². The summed E-state index contributed by atoms with van der Waals surface area (Å²) in [6.07, 6.45) is 1.17. The van der Waals surface area contributed by atoms with Crippen molar-refractivity contribution in [1.82, 2.24) is 0 Å². The highest BCUT2D eigenvalue weighted by atomic mass is 35.5. The summed E-state index contributed by atoms with van der Waals surface area (Å²) in [4.78, 5) is 36.7. The number of carbonyl (C=O) groups excluding carboxylic acids is 3. The number of rotatable bonds is 3. The number of benzene rings is 2. The molecule has 0 saturated carbocycles. The van der Waals surface area contributed by atoms with E-state index < -0.39 is 0 Å². The Morgan fingerprint density at radius 2 is 1.55 bits per heavy atom. The molecule has 1 aliphatic carbocycles. The van der Waals surface area contributed by atoms with E-state index in [1.54, 1.807) is 48.5 Å². The molecule has 0 heterocycles. The zero-order chi connectivity index (χ0) is 15.7. The van der Waals surface area contributed by atoms with Crippen molar-refractivity contribution in [1.29, 1.82) is 0 Å². The van der Waals surface area contributed by atoms with E-state index in [9.17, 15) is 14.4 Å². The third kappa shape index (κ3) is 2.63. The lowest BCUT2D eigenvalue weighted by molar-refractivity contribution is 0.0948. The number of hydrogen-bond acceptors (Lipinski definition) is 3. The Hall–Kier alpha value is -2.52. The number of halogens is 1. The van der Waals surface area contributed by atoms with E-state index in [1.807, 2.05) is 0 Å². The van der Waals surface area contributed by atoms with Crippen molar-refractivity contribution in [3.8, 4) is 0 Å². The molecule has 4 heteroatoms. The molecule has 2 aromatic carbocycles. The van der Waals surface area contributed by atoms with E-state index in [0.29, 0.717) is 21.7 Å². The molecule has 0 aliphatic heterocycles. The fraction of sp³-hybridized carbons (Fsp3) is 0.0556. The van der Waals surface area contributed by atoms with Crippen LogP contribution in [0, 0.1) is 0 Å².